The molecule has 2 aromatic heterocycles. The van der Waals surface area contributed by atoms with Crippen molar-refractivity contribution in [1.29, 1.82) is 0 Å². The number of hydrogen-bond donors (Lipinski definition) is 1. The first-order chi connectivity index (χ1) is 13.7. The molecule has 1 amide bonds. The third-order valence-electron chi connectivity index (χ3n) is 4.15. The van der Waals surface area contributed by atoms with Crippen LogP contribution in [0.2, 0.25) is 0 Å². The van der Waals surface area contributed by atoms with Gasteiger partial charge in [0.05, 0.1) is 18.9 Å². The van der Waals surface area contributed by atoms with E-state index < -0.39 is 0 Å². The summed E-state index contributed by atoms with van der Waals surface area (Å²) in [6.45, 7) is 2.51. The Bertz CT molecular complexity index is 937. The lowest BCUT2D eigenvalue weighted by Crippen LogP contribution is -2.40. The zero-order chi connectivity index (χ0) is 19.8. The number of fused-ring (bicyclic) bond motifs is 1. The summed E-state index contributed by atoms with van der Waals surface area (Å²) >= 11 is 0. The summed E-state index contributed by atoms with van der Waals surface area (Å²) in [6, 6.07) is 13.0. The Morgan fingerprint density at radius 2 is 1.96 bits per heavy atom. The van der Waals surface area contributed by atoms with Gasteiger partial charge < -0.3 is 19.5 Å². The summed E-state index contributed by atoms with van der Waals surface area (Å²) in [5, 5.41) is 11.1. The molecule has 0 bridgehead atoms. The van der Waals surface area contributed by atoms with Crippen LogP contribution in [0.15, 0.2) is 48.8 Å². The van der Waals surface area contributed by atoms with Gasteiger partial charge in [0.25, 0.3) is 12.4 Å². The number of rotatable bonds is 4. The number of carbonyl (C=O) groups is 2. The number of aromatic nitrogens is 3. The number of nitrogens with zero attached hydrogens (tertiary/aromatic N) is 4. The molecule has 146 valence electrons. The number of morpholine rings is 1. The molecule has 1 aliphatic heterocycles. The molecule has 9 heteroatoms. The van der Waals surface area contributed by atoms with Crippen molar-refractivity contribution in [3.63, 3.8) is 0 Å². The quantitative estimate of drug-likeness (QED) is 0.679. The molecule has 3 aromatic rings. The average Bonchev–Trinajstić information content (AvgIpc) is 3.23. The van der Waals surface area contributed by atoms with Crippen LogP contribution in [0.5, 0.6) is 5.75 Å². The topological polar surface area (TPSA) is 106 Å². The SMILES string of the molecule is O=C(c1cccc(OCc2cccc3ncnn23)c1)N1CCOCC1.O=CO. The van der Waals surface area contributed by atoms with Crippen LogP contribution in [0.25, 0.3) is 5.65 Å². The number of hydrogen-bond acceptors (Lipinski definition) is 6. The van der Waals surface area contributed by atoms with Gasteiger partial charge >= 0.3 is 0 Å². The summed E-state index contributed by atoms with van der Waals surface area (Å²) < 4.78 is 12.9. The summed E-state index contributed by atoms with van der Waals surface area (Å²) in [6.07, 6.45) is 1.51. The first-order valence-electron chi connectivity index (χ1n) is 8.68. The van der Waals surface area contributed by atoms with Gasteiger partial charge in [0.2, 0.25) is 0 Å². The first kappa shape index (κ1) is 19.3. The molecule has 0 atom stereocenters. The van der Waals surface area contributed by atoms with Crippen LogP contribution < -0.4 is 4.74 Å². The van der Waals surface area contributed by atoms with Crippen molar-refractivity contribution in [2.75, 3.05) is 26.3 Å². The van der Waals surface area contributed by atoms with E-state index in [0.29, 0.717) is 44.2 Å². The van der Waals surface area contributed by atoms with Gasteiger partial charge in [-0.1, -0.05) is 12.1 Å². The molecule has 3 heterocycles. The van der Waals surface area contributed by atoms with Crippen LogP contribution in [0.3, 0.4) is 0 Å². The summed E-state index contributed by atoms with van der Waals surface area (Å²) in [5.74, 6) is 0.656. The fraction of sp³-hybridized carbons (Fsp3) is 0.263. The smallest absolute Gasteiger partial charge is 0.290 e. The van der Waals surface area contributed by atoms with Gasteiger partial charge in [-0.05, 0) is 30.3 Å². The Labute approximate surface area is 161 Å². The van der Waals surface area contributed by atoms with Gasteiger partial charge in [-0.3, -0.25) is 9.59 Å². The zero-order valence-corrected chi connectivity index (χ0v) is 15.1. The van der Waals surface area contributed by atoms with Crippen molar-refractivity contribution in [2.45, 2.75) is 6.61 Å². The number of pyridine rings is 1. The van der Waals surface area contributed by atoms with E-state index in [1.54, 1.807) is 15.5 Å². The Morgan fingerprint density at radius 3 is 2.75 bits per heavy atom. The minimum atomic E-state index is -0.250. The summed E-state index contributed by atoms with van der Waals surface area (Å²) in [5.41, 5.74) is 2.29. The lowest BCUT2D eigenvalue weighted by molar-refractivity contribution is -0.122. The molecular weight excluding hydrogens is 364 g/mol. The molecule has 1 fully saturated rings. The van der Waals surface area contributed by atoms with Crippen molar-refractivity contribution in [1.82, 2.24) is 19.5 Å². The number of amides is 1. The molecule has 1 aliphatic rings. The Kier molecular flexibility index (Phi) is 6.53. The molecule has 1 N–H and O–H groups in total. The maximum atomic E-state index is 12.6. The largest absolute Gasteiger partial charge is 0.487 e. The highest BCUT2D eigenvalue weighted by atomic mass is 16.5. The third-order valence-corrected chi connectivity index (χ3v) is 4.15. The Hall–Kier alpha value is -3.46. The maximum Gasteiger partial charge on any atom is 0.290 e. The van der Waals surface area contributed by atoms with Gasteiger partial charge in [0.1, 0.15) is 18.7 Å². The van der Waals surface area contributed by atoms with Crippen LogP contribution in [-0.4, -0.2) is 63.3 Å². The van der Waals surface area contributed by atoms with Crippen molar-refractivity contribution in [3.05, 3.63) is 60.0 Å². The maximum absolute atomic E-state index is 12.6. The van der Waals surface area contributed by atoms with E-state index in [1.807, 2.05) is 36.4 Å². The van der Waals surface area contributed by atoms with Crippen LogP contribution in [0.1, 0.15) is 16.1 Å². The fourth-order valence-electron chi connectivity index (χ4n) is 2.84. The molecule has 0 spiro atoms. The van der Waals surface area contributed by atoms with Gasteiger partial charge in [-0.15, -0.1) is 0 Å². The van der Waals surface area contributed by atoms with Crippen molar-refractivity contribution < 1.29 is 24.2 Å². The lowest BCUT2D eigenvalue weighted by Gasteiger charge is -2.27. The molecule has 1 saturated heterocycles. The molecule has 9 nitrogen and oxygen atoms in total. The Morgan fingerprint density at radius 1 is 1.21 bits per heavy atom. The highest BCUT2D eigenvalue weighted by Crippen LogP contribution is 2.17. The van der Waals surface area contributed by atoms with Crippen LogP contribution >= 0.6 is 0 Å². The van der Waals surface area contributed by atoms with Gasteiger partial charge in [0, 0.05) is 18.7 Å². The normalized spacial score (nSPS) is 13.5. The van der Waals surface area contributed by atoms with Crippen molar-refractivity contribution in [3.8, 4) is 5.75 Å². The average molecular weight is 384 g/mol. The molecule has 0 unspecified atom stereocenters. The second-order valence-corrected chi connectivity index (χ2v) is 5.87. The molecular formula is C19H20N4O5. The van der Waals surface area contributed by atoms with Crippen LogP contribution in [-0.2, 0) is 16.1 Å². The monoisotopic (exact) mass is 384 g/mol. The zero-order valence-electron chi connectivity index (χ0n) is 15.1. The number of benzene rings is 1. The number of ether oxygens (including phenoxy) is 2. The Balaban J connectivity index is 0.000000706. The van der Waals surface area contributed by atoms with Gasteiger partial charge in [-0.2, -0.15) is 5.10 Å². The van der Waals surface area contributed by atoms with E-state index in [1.165, 1.54) is 6.33 Å². The summed E-state index contributed by atoms with van der Waals surface area (Å²) in [7, 11) is 0. The predicted octanol–water partition coefficient (Wildman–Crippen LogP) is 1.48. The molecule has 0 radical (unpaired) electrons. The highest BCUT2D eigenvalue weighted by Gasteiger charge is 2.18. The van der Waals surface area contributed by atoms with E-state index in [0.717, 1.165) is 11.3 Å². The van der Waals surface area contributed by atoms with E-state index in [-0.39, 0.29) is 12.4 Å². The molecule has 4 rings (SSSR count). The standard InChI is InChI=1S/C18H18N4O3.CH2O2/c23-18(21-7-9-24-10-8-21)14-3-1-5-16(11-14)25-12-15-4-2-6-17-19-13-20-22(15)17;2-1-3/h1-6,11,13H,7-10,12H2;1H,(H,2,3). The van der Waals surface area contributed by atoms with E-state index in [9.17, 15) is 4.79 Å². The van der Waals surface area contributed by atoms with E-state index in [4.69, 9.17) is 19.4 Å². The predicted molar refractivity (Wildman–Crippen MR) is 99.2 cm³/mol. The highest BCUT2D eigenvalue weighted by molar-refractivity contribution is 5.94. The molecule has 0 saturated carbocycles. The van der Waals surface area contributed by atoms with E-state index >= 15 is 0 Å². The summed E-state index contributed by atoms with van der Waals surface area (Å²) in [4.78, 5) is 26.9. The lowest BCUT2D eigenvalue weighted by atomic mass is 10.2. The van der Waals surface area contributed by atoms with Crippen LogP contribution in [0.4, 0.5) is 0 Å². The molecule has 1 aromatic carbocycles. The van der Waals surface area contributed by atoms with Crippen molar-refractivity contribution >= 4 is 18.0 Å². The molecule has 28 heavy (non-hydrogen) atoms. The minimum Gasteiger partial charge on any atom is -0.487 e. The van der Waals surface area contributed by atoms with E-state index in [2.05, 4.69) is 10.1 Å². The van der Waals surface area contributed by atoms with Crippen LogP contribution in [0, 0.1) is 0 Å². The third kappa shape index (κ3) is 4.63. The van der Waals surface area contributed by atoms with Gasteiger partial charge in [0.15, 0.2) is 5.65 Å². The van der Waals surface area contributed by atoms with Crippen molar-refractivity contribution in [2.24, 2.45) is 0 Å². The second-order valence-electron chi connectivity index (χ2n) is 5.87. The first-order valence-corrected chi connectivity index (χ1v) is 8.68. The molecule has 0 aliphatic carbocycles. The van der Waals surface area contributed by atoms with Gasteiger partial charge in [-0.25, -0.2) is 9.50 Å². The number of carboxylic acid groups (broad SMARTS) is 1. The minimum absolute atomic E-state index is 0.00660. The second kappa shape index (κ2) is 9.47. The fourth-order valence-corrected chi connectivity index (χ4v) is 2.84. The number of carbonyl (C=O) groups excluding carboxylic acids is 1.